The number of fused-ring (bicyclic) bond motifs is 1. The summed E-state index contributed by atoms with van der Waals surface area (Å²) in [6.45, 7) is 3.28. The normalized spacial score (nSPS) is 21.9. The Morgan fingerprint density at radius 1 is 1.15 bits per heavy atom. The molecule has 3 heterocycles. The molecule has 2 aromatic rings. The van der Waals surface area contributed by atoms with E-state index >= 15 is 0 Å². The van der Waals surface area contributed by atoms with Crippen molar-refractivity contribution in [2.75, 3.05) is 31.6 Å². The number of piperidine rings is 1. The van der Waals surface area contributed by atoms with E-state index in [9.17, 15) is 5.11 Å². The van der Waals surface area contributed by atoms with Gasteiger partial charge in [-0.25, -0.2) is 9.97 Å². The molecule has 0 aromatic carbocycles. The van der Waals surface area contributed by atoms with Crippen molar-refractivity contribution in [2.45, 2.75) is 63.3 Å². The fraction of sp³-hybridized carbons (Fsp3) is 0.750. The fourth-order valence-corrected chi connectivity index (χ4v) is 4.59. The summed E-state index contributed by atoms with van der Waals surface area (Å²) in [5.74, 6) is 2.39. The summed E-state index contributed by atoms with van der Waals surface area (Å²) in [6.07, 6.45) is 11.5. The summed E-state index contributed by atoms with van der Waals surface area (Å²) in [5, 5.41) is 18.5. The second-order valence-corrected chi connectivity index (χ2v) is 8.07. The number of anilines is 1. The molecule has 0 amide bonds. The van der Waals surface area contributed by atoms with Crippen molar-refractivity contribution >= 4 is 16.9 Å². The van der Waals surface area contributed by atoms with Gasteiger partial charge in [0, 0.05) is 32.1 Å². The van der Waals surface area contributed by atoms with Gasteiger partial charge < -0.3 is 10.4 Å². The number of aryl methyl sites for hydroxylation is 1. The first-order chi connectivity index (χ1) is 13.3. The number of hydrogen-bond acceptors (Lipinski definition) is 6. The predicted molar refractivity (Wildman–Crippen MR) is 107 cm³/mol. The average molecular weight is 373 g/mol. The van der Waals surface area contributed by atoms with E-state index in [0.717, 1.165) is 55.2 Å². The van der Waals surface area contributed by atoms with E-state index in [1.165, 1.54) is 38.5 Å². The van der Waals surface area contributed by atoms with Crippen molar-refractivity contribution < 1.29 is 5.11 Å². The van der Waals surface area contributed by atoms with E-state index in [1.54, 1.807) is 0 Å². The van der Waals surface area contributed by atoms with E-state index in [1.807, 2.05) is 17.9 Å². The van der Waals surface area contributed by atoms with Gasteiger partial charge in [-0.15, -0.1) is 0 Å². The van der Waals surface area contributed by atoms with Crippen LogP contribution in [0.25, 0.3) is 11.0 Å². The van der Waals surface area contributed by atoms with Gasteiger partial charge in [-0.1, -0.05) is 19.3 Å². The standard InChI is InChI=1S/C20H32N6O/c1-25-20-17(13-22-25)19(23-18(24-20)15-7-2-3-8-15)21-10-6-12-26-11-5-4-9-16(26)14-27/h13,15-16,27H,2-12,14H2,1H3,(H,21,23,24)/t16-/m0/s1. The Morgan fingerprint density at radius 2 is 1.96 bits per heavy atom. The Morgan fingerprint density at radius 3 is 2.78 bits per heavy atom. The van der Waals surface area contributed by atoms with Crippen LogP contribution in [0.4, 0.5) is 5.82 Å². The largest absolute Gasteiger partial charge is 0.395 e. The highest BCUT2D eigenvalue weighted by atomic mass is 16.3. The summed E-state index contributed by atoms with van der Waals surface area (Å²) >= 11 is 0. The number of aliphatic hydroxyl groups is 1. The lowest BCUT2D eigenvalue weighted by Gasteiger charge is -2.34. The lowest BCUT2D eigenvalue weighted by molar-refractivity contribution is 0.0901. The molecule has 2 N–H and O–H groups in total. The maximum atomic E-state index is 9.57. The summed E-state index contributed by atoms with van der Waals surface area (Å²) in [6, 6.07) is 0.344. The molecule has 1 saturated heterocycles. The summed E-state index contributed by atoms with van der Waals surface area (Å²) in [5.41, 5.74) is 0.922. The number of hydrogen-bond donors (Lipinski definition) is 2. The van der Waals surface area contributed by atoms with Crippen LogP contribution in [0.5, 0.6) is 0 Å². The minimum Gasteiger partial charge on any atom is -0.395 e. The van der Waals surface area contributed by atoms with Crippen LogP contribution in [0.1, 0.15) is 63.1 Å². The lowest BCUT2D eigenvalue weighted by Crippen LogP contribution is -2.42. The summed E-state index contributed by atoms with van der Waals surface area (Å²) in [4.78, 5) is 12.1. The van der Waals surface area contributed by atoms with Gasteiger partial charge in [-0.3, -0.25) is 9.58 Å². The van der Waals surface area contributed by atoms with Gasteiger partial charge in [-0.2, -0.15) is 5.10 Å². The molecule has 0 unspecified atom stereocenters. The number of aliphatic hydroxyl groups excluding tert-OH is 1. The van der Waals surface area contributed by atoms with Crippen LogP contribution < -0.4 is 5.32 Å². The number of aromatic nitrogens is 4. The Bertz CT molecular complexity index is 754. The third kappa shape index (κ3) is 4.09. The monoisotopic (exact) mass is 372 g/mol. The molecule has 148 valence electrons. The van der Waals surface area contributed by atoms with Gasteiger partial charge in [-0.05, 0) is 38.6 Å². The molecular formula is C20H32N6O. The molecular weight excluding hydrogens is 340 g/mol. The molecule has 2 aromatic heterocycles. The zero-order valence-corrected chi connectivity index (χ0v) is 16.4. The molecule has 0 spiro atoms. The van der Waals surface area contributed by atoms with Crippen molar-refractivity contribution in [2.24, 2.45) is 7.05 Å². The highest BCUT2D eigenvalue weighted by Crippen LogP contribution is 2.34. The van der Waals surface area contributed by atoms with Crippen molar-refractivity contribution in [3.8, 4) is 0 Å². The van der Waals surface area contributed by atoms with Gasteiger partial charge in [0.15, 0.2) is 5.65 Å². The van der Waals surface area contributed by atoms with Crippen LogP contribution in [0.3, 0.4) is 0 Å². The molecule has 27 heavy (non-hydrogen) atoms. The van der Waals surface area contributed by atoms with Crippen molar-refractivity contribution in [1.82, 2.24) is 24.6 Å². The zero-order valence-electron chi connectivity index (χ0n) is 16.4. The first-order valence-electron chi connectivity index (χ1n) is 10.5. The molecule has 2 fully saturated rings. The Labute approximate surface area is 161 Å². The highest BCUT2D eigenvalue weighted by Gasteiger charge is 2.23. The van der Waals surface area contributed by atoms with Gasteiger partial charge in [0.25, 0.3) is 0 Å². The number of nitrogens with zero attached hydrogens (tertiary/aromatic N) is 5. The van der Waals surface area contributed by atoms with E-state index in [0.29, 0.717) is 12.0 Å². The molecule has 4 rings (SSSR count). The van der Waals surface area contributed by atoms with Crippen molar-refractivity contribution in [3.05, 3.63) is 12.0 Å². The number of likely N-dealkylation sites (tertiary alicyclic amines) is 1. The van der Waals surface area contributed by atoms with Crippen molar-refractivity contribution in [3.63, 3.8) is 0 Å². The smallest absolute Gasteiger partial charge is 0.163 e. The average Bonchev–Trinajstić information content (AvgIpc) is 3.36. The second kappa shape index (κ2) is 8.52. The minimum atomic E-state index is 0.278. The Kier molecular flexibility index (Phi) is 5.88. The van der Waals surface area contributed by atoms with E-state index in [2.05, 4.69) is 15.3 Å². The topological polar surface area (TPSA) is 79.1 Å². The quantitative estimate of drug-likeness (QED) is 0.728. The lowest BCUT2D eigenvalue weighted by atomic mass is 10.0. The van der Waals surface area contributed by atoms with Crippen LogP contribution in [0.2, 0.25) is 0 Å². The Hall–Kier alpha value is -1.73. The second-order valence-electron chi connectivity index (χ2n) is 8.07. The van der Waals surface area contributed by atoms with Crippen LogP contribution in [0, 0.1) is 0 Å². The molecule has 1 aliphatic heterocycles. The maximum Gasteiger partial charge on any atom is 0.163 e. The maximum absolute atomic E-state index is 9.57. The molecule has 1 atom stereocenters. The summed E-state index contributed by atoms with van der Waals surface area (Å²) < 4.78 is 1.85. The fourth-order valence-electron chi connectivity index (χ4n) is 4.59. The van der Waals surface area contributed by atoms with E-state index in [4.69, 9.17) is 9.97 Å². The third-order valence-electron chi connectivity index (χ3n) is 6.20. The highest BCUT2D eigenvalue weighted by molar-refractivity contribution is 5.86. The van der Waals surface area contributed by atoms with Gasteiger partial charge in [0.05, 0.1) is 18.2 Å². The SMILES string of the molecule is Cn1ncc2c(NCCCN3CCCC[C@H]3CO)nc(C3CCCC3)nc21. The molecule has 2 aliphatic rings. The van der Waals surface area contributed by atoms with E-state index in [-0.39, 0.29) is 6.61 Å². The molecule has 1 aliphatic carbocycles. The van der Waals surface area contributed by atoms with Crippen LogP contribution in [0.15, 0.2) is 6.20 Å². The molecule has 0 radical (unpaired) electrons. The van der Waals surface area contributed by atoms with Crippen LogP contribution in [-0.2, 0) is 7.05 Å². The predicted octanol–water partition coefficient (Wildman–Crippen LogP) is 2.67. The Balaban J connectivity index is 1.42. The minimum absolute atomic E-state index is 0.278. The van der Waals surface area contributed by atoms with Crippen LogP contribution >= 0.6 is 0 Å². The molecule has 0 bridgehead atoms. The van der Waals surface area contributed by atoms with E-state index < -0.39 is 0 Å². The third-order valence-corrected chi connectivity index (χ3v) is 6.20. The zero-order chi connectivity index (χ0) is 18.6. The van der Waals surface area contributed by atoms with Crippen LogP contribution in [-0.4, -0.2) is 62.0 Å². The molecule has 1 saturated carbocycles. The molecule has 7 nitrogen and oxygen atoms in total. The molecule has 7 heteroatoms. The van der Waals surface area contributed by atoms with Gasteiger partial charge in [0.1, 0.15) is 11.6 Å². The number of nitrogens with one attached hydrogen (secondary N) is 1. The number of rotatable bonds is 7. The first kappa shape index (κ1) is 18.6. The summed E-state index contributed by atoms with van der Waals surface area (Å²) in [7, 11) is 1.95. The van der Waals surface area contributed by atoms with Crippen molar-refractivity contribution in [1.29, 1.82) is 0 Å². The van der Waals surface area contributed by atoms with Gasteiger partial charge in [0.2, 0.25) is 0 Å². The van der Waals surface area contributed by atoms with Gasteiger partial charge >= 0.3 is 0 Å². The first-order valence-corrected chi connectivity index (χ1v) is 10.5.